The summed E-state index contributed by atoms with van der Waals surface area (Å²) in [6.45, 7) is 5.85. The van der Waals surface area contributed by atoms with Crippen LogP contribution in [-0.2, 0) is 6.54 Å². The molecular formula is C22H22FN3S. The monoisotopic (exact) mass is 379 g/mol. The zero-order valence-electron chi connectivity index (χ0n) is 15.4. The van der Waals surface area contributed by atoms with Crippen molar-refractivity contribution < 1.29 is 4.39 Å². The van der Waals surface area contributed by atoms with Gasteiger partial charge in [0.1, 0.15) is 5.82 Å². The van der Waals surface area contributed by atoms with Crippen LogP contribution in [0.25, 0.3) is 0 Å². The molecule has 1 aliphatic rings. The van der Waals surface area contributed by atoms with Crippen molar-refractivity contribution in [2.75, 3.05) is 11.9 Å². The minimum absolute atomic E-state index is 0.0422. The highest BCUT2D eigenvalue weighted by molar-refractivity contribution is 7.80. The summed E-state index contributed by atoms with van der Waals surface area (Å²) in [6, 6.07) is 17.0. The highest BCUT2D eigenvalue weighted by Gasteiger charge is 2.30. The molecule has 3 aromatic rings. The van der Waals surface area contributed by atoms with E-state index in [1.165, 1.54) is 23.3 Å². The van der Waals surface area contributed by atoms with Crippen LogP contribution in [0.3, 0.4) is 0 Å². The van der Waals surface area contributed by atoms with Crippen molar-refractivity contribution >= 4 is 23.0 Å². The standard InChI is InChI=1S/C22H22FN3S/c1-15-5-3-6-19(16(15)2)24-22(27)26-14-13-25-12-4-7-20(25)21(26)17-8-10-18(23)11-9-17/h3-12,21H,13-14H2,1-2H3,(H,24,27)/t21-/m1/s1. The van der Waals surface area contributed by atoms with E-state index in [9.17, 15) is 4.39 Å². The van der Waals surface area contributed by atoms with E-state index in [4.69, 9.17) is 12.2 Å². The van der Waals surface area contributed by atoms with Gasteiger partial charge in [-0.25, -0.2) is 4.39 Å². The summed E-state index contributed by atoms with van der Waals surface area (Å²) in [5, 5.41) is 4.11. The Morgan fingerprint density at radius 1 is 1.04 bits per heavy atom. The Morgan fingerprint density at radius 2 is 1.81 bits per heavy atom. The molecule has 0 unspecified atom stereocenters. The first-order valence-corrected chi connectivity index (χ1v) is 9.50. The van der Waals surface area contributed by atoms with E-state index in [0.717, 1.165) is 30.0 Å². The molecule has 0 aliphatic carbocycles. The second-order valence-electron chi connectivity index (χ2n) is 6.95. The minimum Gasteiger partial charge on any atom is -0.348 e. The van der Waals surface area contributed by atoms with Gasteiger partial charge in [-0.2, -0.15) is 0 Å². The van der Waals surface area contributed by atoms with E-state index >= 15 is 0 Å². The normalized spacial score (nSPS) is 16.1. The summed E-state index contributed by atoms with van der Waals surface area (Å²) < 4.78 is 15.7. The number of benzene rings is 2. The van der Waals surface area contributed by atoms with E-state index in [1.807, 2.05) is 24.3 Å². The maximum atomic E-state index is 13.5. The van der Waals surface area contributed by atoms with Gasteiger partial charge in [0.2, 0.25) is 0 Å². The number of fused-ring (bicyclic) bond motifs is 1. The topological polar surface area (TPSA) is 20.2 Å². The summed E-state index contributed by atoms with van der Waals surface area (Å²) in [6.07, 6.45) is 2.09. The number of rotatable bonds is 2. The van der Waals surface area contributed by atoms with Gasteiger partial charge in [-0.05, 0) is 73.1 Å². The molecule has 0 bridgehead atoms. The molecule has 4 rings (SSSR count). The summed E-state index contributed by atoms with van der Waals surface area (Å²) in [5.74, 6) is -0.229. The molecule has 27 heavy (non-hydrogen) atoms. The fourth-order valence-corrected chi connectivity index (χ4v) is 3.98. The first-order chi connectivity index (χ1) is 13.0. The zero-order chi connectivity index (χ0) is 19.0. The number of aryl methyl sites for hydroxylation is 1. The van der Waals surface area contributed by atoms with Crippen LogP contribution < -0.4 is 5.32 Å². The average molecular weight is 380 g/mol. The maximum Gasteiger partial charge on any atom is 0.174 e. The lowest BCUT2D eigenvalue weighted by Crippen LogP contribution is -2.44. The van der Waals surface area contributed by atoms with Gasteiger partial charge in [0, 0.05) is 30.7 Å². The zero-order valence-corrected chi connectivity index (χ0v) is 16.3. The van der Waals surface area contributed by atoms with E-state index in [1.54, 1.807) is 0 Å². The maximum absolute atomic E-state index is 13.5. The third-order valence-electron chi connectivity index (χ3n) is 5.33. The smallest absolute Gasteiger partial charge is 0.174 e. The van der Waals surface area contributed by atoms with Gasteiger partial charge < -0.3 is 14.8 Å². The molecule has 1 aliphatic heterocycles. The van der Waals surface area contributed by atoms with Crippen LogP contribution in [0.5, 0.6) is 0 Å². The fourth-order valence-electron chi connectivity index (χ4n) is 3.67. The van der Waals surface area contributed by atoms with E-state index in [-0.39, 0.29) is 11.9 Å². The highest BCUT2D eigenvalue weighted by Crippen LogP contribution is 2.33. The van der Waals surface area contributed by atoms with Crippen molar-refractivity contribution in [1.82, 2.24) is 9.47 Å². The fraction of sp³-hybridized carbons (Fsp3) is 0.227. The van der Waals surface area contributed by atoms with Crippen LogP contribution in [0.2, 0.25) is 0 Å². The molecule has 0 spiro atoms. The average Bonchev–Trinajstić information content (AvgIpc) is 3.14. The van der Waals surface area contributed by atoms with Gasteiger partial charge >= 0.3 is 0 Å². The number of nitrogens with one attached hydrogen (secondary N) is 1. The molecule has 0 amide bonds. The number of thiocarbonyl (C=S) groups is 1. The van der Waals surface area contributed by atoms with E-state index in [0.29, 0.717) is 5.11 Å². The molecule has 138 valence electrons. The van der Waals surface area contributed by atoms with Crippen LogP contribution in [-0.4, -0.2) is 21.1 Å². The molecule has 3 nitrogen and oxygen atoms in total. The summed E-state index contributed by atoms with van der Waals surface area (Å²) in [5.41, 5.74) is 5.64. The number of nitrogens with zero attached hydrogens (tertiary/aromatic N) is 2. The predicted octanol–water partition coefficient (Wildman–Crippen LogP) is 5.05. The summed E-state index contributed by atoms with van der Waals surface area (Å²) in [4.78, 5) is 2.19. The Hall–Kier alpha value is -2.66. The van der Waals surface area contributed by atoms with Crippen molar-refractivity contribution in [2.45, 2.75) is 26.4 Å². The van der Waals surface area contributed by atoms with Crippen LogP contribution in [0, 0.1) is 19.7 Å². The number of aromatic nitrogens is 1. The van der Waals surface area contributed by atoms with Gasteiger partial charge in [-0.3, -0.25) is 0 Å². The number of hydrogen-bond acceptors (Lipinski definition) is 1. The van der Waals surface area contributed by atoms with Crippen molar-refractivity contribution in [3.63, 3.8) is 0 Å². The third kappa shape index (κ3) is 3.35. The highest BCUT2D eigenvalue weighted by atomic mass is 32.1. The predicted molar refractivity (Wildman–Crippen MR) is 112 cm³/mol. The summed E-state index contributed by atoms with van der Waals surface area (Å²) in [7, 11) is 0. The van der Waals surface area contributed by atoms with E-state index < -0.39 is 0 Å². The lowest BCUT2D eigenvalue weighted by molar-refractivity contribution is 0.293. The summed E-state index contributed by atoms with van der Waals surface area (Å²) >= 11 is 5.80. The first-order valence-electron chi connectivity index (χ1n) is 9.09. The molecule has 1 atom stereocenters. The Kier molecular flexibility index (Phi) is 4.70. The van der Waals surface area contributed by atoms with Crippen LogP contribution in [0.1, 0.15) is 28.4 Å². The third-order valence-corrected chi connectivity index (χ3v) is 5.67. The van der Waals surface area contributed by atoms with Crippen LogP contribution in [0.4, 0.5) is 10.1 Å². The molecule has 2 heterocycles. The van der Waals surface area contributed by atoms with Crippen molar-refractivity contribution in [3.05, 3.63) is 89.0 Å². The first kappa shape index (κ1) is 17.7. The number of halogens is 1. The van der Waals surface area contributed by atoms with E-state index in [2.05, 4.69) is 53.0 Å². The van der Waals surface area contributed by atoms with Crippen molar-refractivity contribution in [2.24, 2.45) is 0 Å². The molecule has 2 aromatic carbocycles. The quantitative estimate of drug-likeness (QED) is 0.630. The van der Waals surface area contributed by atoms with Crippen molar-refractivity contribution in [3.8, 4) is 0 Å². The second-order valence-corrected chi connectivity index (χ2v) is 7.34. The second kappa shape index (κ2) is 7.16. The van der Waals surface area contributed by atoms with Gasteiger partial charge in [0.25, 0.3) is 0 Å². The molecule has 0 saturated heterocycles. The Morgan fingerprint density at radius 3 is 2.59 bits per heavy atom. The van der Waals surface area contributed by atoms with Crippen LogP contribution in [0.15, 0.2) is 60.8 Å². The van der Waals surface area contributed by atoms with Gasteiger partial charge in [0.15, 0.2) is 5.11 Å². The molecule has 0 saturated carbocycles. The van der Waals surface area contributed by atoms with Gasteiger partial charge in [0.05, 0.1) is 6.04 Å². The lowest BCUT2D eigenvalue weighted by Gasteiger charge is -2.39. The number of anilines is 1. The Balaban J connectivity index is 1.68. The molecular weight excluding hydrogens is 357 g/mol. The lowest BCUT2D eigenvalue weighted by atomic mass is 10.0. The number of hydrogen-bond donors (Lipinski definition) is 1. The minimum atomic E-state index is -0.229. The Labute approximate surface area is 164 Å². The van der Waals surface area contributed by atoms with Crippen LogP contribution >= 0.6 is 12.2 Å². The molecule has 0 fully saturated rings. The van der Waals surface area contributed by atoms with Gasteiger partial charge in [-0.15, -0.1) is 0 Å². The SMILES string of the molecule is Cc1cccc(NC(=S)N2CCn3cccc3[C@H]2c2ccc(F)cc2)c1C. The molecule has 0 radical (unpaired) electrons. The molecule has 5 heteroatoms. The Bertz CT molecular complexity index is 977. The molecule has 1 aromatic heterocycles. The van der Waals surface area contributed by atoms with Crippen molar-refractivity contribution in [1.29, 1.82) is 0 Å². The largest absolute Gasteiger partial charge is 0.348 e. The van der Waals surface area contributed by atoms with Gasteiger partial charge in [-0.1, -0.05) is 24.3 Å². The molecule has 1 N–H and O–H groups in total.